The van der Waals surface area contributed by atoms with Gasteiger partial charge in [-0.3, -0.25) is 0 Å². The van der Waals surface area contributed by atoms with Crippen LogP contribution in [-0.2, 0) is 12.0 Å². The number of allylic oxidation sites excluding steroid dienone is 9. The minimum atomic E-state index is -0.637. The second-order valence-electron chi connectivity index (χ2n) is 14.6. The maximum absolute atomic E-state index is 6.66. The molecular weight excluding hydrogens is 699 g/mol. The standard InChI is InChI=1S/C52H35N3O2/c1-2-3-4-9-22-37-31-35(47-50-48(41-25-14-17-28-44(41)57-50)54-51(53-47)34-18-7-5-8-19-34)32-52(37,36-20-10-6-11-21-36)33-55-42-26-15-12-23-38(42)39-29-30-45-46(49(39)55)40-24-13-16-27-43(40)56-45/h2-32H,1,33H2/b4-3-,22-9?/t52-/m1/s1. The molecule has 4 heterocycles. The Kier molecular flexibility index (Phi) is 7.54. The Morgan fingerprint density at radius 1 is 0.614 bits per heavy atom. The van der Waals surface area contributed by atoms with Gasteiger partial charge < -0.3 is 13.4 Å². The van der Waals surface area contributed by atoms with E-state index in [0.717, 1.165) is 77.4 Å². The molecule has 5 nitrogen and oxygen atoms in total. The van der Waals surface area contributed by atoms with Gasteiger partial charge in [0.1, 0.15) is 28.0 Å². The van der Waals surface area contributed by atoms with Crippen molar-refractivity contribution >= 4 is 71.4 Å². The topological polar surface area (TPSA) is 57.0 Å². The zero-order valence-corrected chi connectivity index (χ0v) is 31.0. The molecule has 0 unspecified atom stereocenters. The summed E-state index contributed by atoms with van der Waals surface area (Å²) in [5.41, 5.74) is 10.6. The fourth-order valence-electron chi connectivity index (χ4n) is 8.81. The smallest absolute Gasteiger partial charge is 0.180 e. The van der Waals surface area contributed by atoms with E-state index in [9.17, 15) is 0 Å². The first-order valence-electron chi connectivity index (χ1n) is 19.2. The molecule has 57 heavy (non-hydrogen) atoms. The average molecular weight is 734 g/mol. The van der Waals surface area contributed by atoms with E-state index < -0.39 is 5.41 Å². The number of rotatable bonds is 8. The monoisotopic (exact) mass is 733 g/mol. The summed E-state index contributed by atoms with van der Waals surface area (Å²) in [6.07, 6.45) is 14.8. The summed E-state index contributed by atoms with van der Waals surface area (Å²) in [4.78, 5) is 10.5. The van der Waals surface area contributed by atoms with E-state index in [1.807, 2.05) is 54.6 Å². The number of hydrogen-bond acceptors (Lipinski definition) is 4. The minimum Gasteiger partial charge on any atom is -0.456 e. The van der Waals surface area contributed by atoms with Crippen LogP contribution in [0.3, 0.4) is 0 Å². The molecule has 0 aliphatic heterocycles. The summed E-state index contributed by atoms with van der Waals surface area (Å²) < 4.78 is 15.7. The first-order chi connectivity index (χ1) is 28.2. The lowest BCUT2D eigenvalue weighted by Crippen LogP contribution is -2.30. The largest absolute Gasteiger partial charge is 0.456 e. The summed E-state index contributed by atoms with van der Waals surface area (Å²) in [6, 6.07) is 50.5. The van der Waals surface area contributed by atoms with E-state index >= 15 is 0 Å². The van der Waals surface area contributed by atoms with Gasteiger partial charge >= 0.3 is 0 Å². The number of para-hydroxylation sites is 3. The zero-order valence-electron chi connectivity index (χ0n) is 31.0. The van der Waals surface area contributed by atoms with Gasteiger partial charge in [0.25, 0.3) is 0 Å². The molecule has 1 aliphatic carbocycles. The lowest BCUT2D eigenvalue weighted by molar-refractivity contribution is 0.546. The quantitative estimate of drug-likeness (QED) is 0.146. The molecule has 0 bridgehead atoms. The fourth-order valence-corrected chi connectivity index (χ4v) is 8.81. The highest BCUT2D eigenvalue weighted by Crippen LogP contribution is 2.49. The molecule has 0 N–H and O–H groups in total. The SMILES string of the molecule is C=C/C=C\C=CC1=CC(c2nc(-c3ccccc3)nc3c2oc2ccccc23)=C[C@@]1(Cn1c2ccccc2c2ccc3oc4ccccc4c3c21)c1ccccc1. The van der Waals surface area contributed by atoms with Crippen molar-refractivity contribution in [3.8, 4) is 11.4 Å². The van der Waals surface area contributed by atoms with Gasteiger partial charge in [0.2, 0.25) is 0 Å². The Hall–Kier alpha value is -7.50. The fraction of sp³-hybridized carbons (Fsp3) is 0.0385. The van der Waals surface area contributed by atoms with Gasteiger partial charge in [0.15, 0.2) is 11.4 Å². The maximum atomic E-state index is 6.66. The predicted octanol–water partition coefficient (Wildman–Crippen LogP) is 13.3. The van der Waals surface area contributed by atoms with E-state index in [0.29, 0.717) is 18.0 Å². The molecule has 0 saturated heterocycles. The van der Waals surface area contributed by atoms with Gasteiger partial charge in [-0.05, 0) is 53.6 Å². The first-order valence-corrected chi connectivity index (χ1v) is 19.2. The Balaban J connectivity index is 1.23. The van der Waals surface area contributed by atoms with Crippen LogP contribution < -0.4 is 0 Å². The van der Waals surface area contributed by atoms with Crippen LogP contribution in [0.25, 0.3) is 82.8 Å². The summed E-state index contributed by atoms with van der Waals surface area (Å²) >= 11 is 0. The molecule has 270 valence electrons. The molecule has 0 saturated carbocycles. The van der Waals surface area contributed by atoms with Crippen LogP contribution in [0.5, 0.6) is 0 Å². The van der Waals surface area contributed by atoms with Crippen molar-refractivity contribution < 1.29 is 8.83 Å². The Bertz CT molecular complexity index is 3340. The molecule has 5 heteroatoms. The summed E-state index contributed by atoms with van der Waals surface area (Å²) in [5.74, 6) is 0.652. The van der Waals surface area contributed by atoms with Gasteiger partial charge in [-0.2, -0.15) is 0 Å². The molecular formula is C52H35N3O2. The van der Waals surface area contributed by atoms with Crippen LogP contribution in [0.15, 0.2) is 209 Å². The van der Waals surface area contributed by atoms with E-state index in [1.54, 1.807) is 6.08 Å². The Labute approximate surface area is 328 Å². The Morgan fingerprint density at radius 3 is 2.12 bits per heavy atom. The van der Waals surface area contributed by atoms with Gasteiger partial charge in [-0.15, -0.1) is 0 Å². The van der Waals surface area contributed by atoms with Crippen molar-refractivity contribution in [2.45, 2.75) is 12.0 Å². The van der Waals surface area contributed by atoms with Crippen molar-refractivity contribution in [3.63, 3.8) is 0 Å². The molecule has 0 spiro atoms. The van der Waals surface area contributed by atoms with Crippen molar-refractivity contribution in [1.82, 2.24) is 14.5 Å². The number of benzene rings is 6. The van der Waals surface area contributed by atoms with E-state index in [4.69, 9.17) is 18.8 Å². The summed E-state index contributed by atoms with van der Waals surface area (Å²) in [6.45, 7) is 4.51. The van der Waals surface area contributed by atoms with E-state index in [2.05, 4.69) is 139 Å². The Morgan fingerprint density at radius 2 is 1.32 bits per heavy atom. The second kappa shape index (κ2) is 13.1. The maximum Gasteiger partial charge on any atom is 0.180 e. The summed E-state index contributed by atoms with van der Waals surface area (Å²) in [7, 11) is 0. The lowest BCUT2D eigenvalue weighted by Gasteiger charge is -2.32. The van der Waals surface area contributed by atoms with Gasteiger partial charge in [-0.1, -0.05) is 152 Å². The van der Waals surface area contributed by atoms with Crippen molar-refractivity contribution in [3.05, 3.63) is 212 Å². The molecule has 0 fully saturated rings. The minimum absolute atomic E-state index is 0.602. The number of fused-ring (bicyclic) bond motifs is 10. The van der Waals surface area contributed by atoms with Crippen LogP contribution in [0, 0.1) is 0 Å². The lowest BCUT2D eigenvalue weighted by atomic mass is 9.75. The zero-order chi connectivity index (χ0) is 37.9. The number of nitrogens with zero attached hydrogens (tertiary/aromatic N) is 3. The molecule has 11 rings (SSSR count). The average Bonchev–Trinajstić information content (AvgIpc) is 4.02. The third-order valence-corrected chi connectivity index (χ3v) is 11.4. The number of aromatic nitrogens is 3. The van der Waals surface area contributed by atoms with Crippen LogP contribution in [0.1, 0.15) is 11.3 Å². The molecule has 10 aromatic rings. The van der Waals surface area contributed by atoms with E-state index in [1.165, 1.54) is 10.8 Å². The molecule has 0 radical (unpaired) electrons. The highest BCUT2D eigenvalue weighted by molar-refractivity contribution is 6.24. The highest BCUT2D eigenvalue weighted by Gasteiger charge is 2.40. The predicted molar refractivity (Wildman–Crippen MR) is 234 cm³/mol. The summed E-state index contributed by atoms with van der Waals surface area (Å²) in [5, 5.41) is 5.57. The van der Waals surface area contributed by atoms with Crippen LogP contribution in [-0.4, -0.2) is 14.5 Å². The van der Waals surface area contributed by atoms with Crippen molar-refractivity contribution in [2.75, 3.05) is 0 Å². The van der Waals surface area contributed by atoms with Crippen LogP contribution in [0.2, 0.25) is 0 Å². The first kappa shape index (κ1) is 32.9. The number of furan rings is 2. The molecule has 4 aromatic heterocycles. The van der Waals surface area contributed by atoms with Crippen LogP contribution in [0.4, 0.5) is 0 Å². The second-order valence-corrected chi connectivity index (χ2v) is 14.6. The third-order valence-electron chi connectivity index (χ3n) is 11.4. The molecule has 6 aromatic carbocycles. The third kappa shape index (κ3) is 5.16. The van der Waals surface area contributed by atoms with Gasteiger partial charge in [0, 0.05) is 44.7 Å². The van der Waals surface area contributed by atoms with Crippen molar-refractivity contribution in [1.29, 1.82) is 0 Å². The molecule has 1 atom stereocenters. The molecule has 0 amide bonds. The van der Waals surface area contributed by atoms with Gasteiger partial charge in [0.05, 0.1) is 16.3 Å². The van der Waals surface area contributed by atoms with E-state index in [-0.39, 0.29) is 0 Å². The normalized spacial score (nSPS) is 16.0. The van der Waals surface area contributed by atoms with Crippen molar-refractivity contribution in [2.24, 2.45) is 0 Å². The highest BCUT2D eigenvalue weighted by atomic mass is 16.3. The molecule has 1 aliphatic rings. The number of hydrogen-bond donors (Lipinski definition) is 0. The van der Waals surface area contributed by atoms with Crippen LogP contribution >= 0.6 is 0 Å². The van der Waals surface area contributed by atoms with Gasteiger partial charge in [-0.25, -0.2) is 9.97 Å².